The monoisotopic (exact) mass is 310 g/mol. The molecule has 0 spiro atoms. The van der Waals surface area contributed by atoms with E-state index >= 15 is 0 Å². The zero-order valence-electron chi connectivity index (χ0n) is 12.9. The predicted octanol–water partition coefficient (Wildman–Crippen LogP) is 2.41. The molecule has 0 aromatic heterocycles. The van der Waals surface area contributed by atoms with Gasteiger partial charge in [0.1, 0.15) is 0 Å². The van der Waals surface area contributed by atoms with Crippen molar-refractivity contribution in [3.8, 4) is 0 Å². The first kappa shape index (κ1) is 18.1. The maximum Gasteiger partial charge on any atom is 0.365 e. The lowest BCUT2D eigenvalue weighted by atomic mass is 10.2. The van der Waals surface area contributed by atoms with Crippen molar-refractivity contribution in [3.05, 3.63) is 35.9 Å². The van der Waals surface area contributed by atoms with Gasteiger partial charge >= 0.3 is 18.4 Å². The second-order valence-electron chi connectivity index (χ2n) is 4.50. The fraction of sp³-hybridized carbons (Fsp3) is 0.500. The Balaban J connectivity index is 2.16. The van der Waals surface area contributed by atoms with E-state index in [1.54, 1.807) is 6.92 Å². The second kappa shape index (κ2) is 10.8. The van der Waals surface area contributed by atoms with E-state index in [1.807, 2.05) is 30.3 Å². The second-order valence-corrected chi connectivity index (χ2v) is 4.50. The van der Waals surface area contributed by atoms with Crippen molar-refractivity contribution < 1.29 is 28.5 Å². The van der Waals surface area contributed by atoms with E-state index in [9.17, 15) is 9.59 Å². The van der Waals surface area contributed by atoms with Crippen LogP contribution in [0.5, 0.6) is 0 Å². The average Bonchev–Trinajstić information content (AvgIpc) is 2.50. The fourth-order valence-electron chi connectivity index (χ4n) is 1.52. The Labute approximate surface area is 130 Å². The first-order valence-electron chi connectivity index (χ1n) is 7.21. The molecule has 6 heteroatoms. The molecule has 0 saturated carbocycles. The van der Waals surface area contributed by atoms with Crippen molar-refractivity contribution in [2.75, 3.05) is 13.2 Å². The van der Waals surface area contributed by atoms with Crippen LogP contribution in [0.15, 0.2) is 30.3 Å². The summed E-state index contributed by atoms with van der Waals surface area (Å²) in [6.45, 7) is 2.84. The summed E-state index contributed by atoms with van der Waals surface area (Å²) in [7, 11) is 0. The van der Waals surface area contributed by atoms with E-state index in [1.165, 1.54) is 6.92 Å². The van der Waals surface area contributed by atoms with Gasteiger partial charge in [-0.25, -0.2) is 0 Å². The van der Waals surface area contributed by atoms with Gasteiger partial charge in [-0.3, -0.25) is 9.59 Å². The van der Waals surface area contributed by atoms with Crippen molar-refractivity contribution in [1.29, 1.82) is 0 Å². The number of esters is 2. The van der Waals surface area contributed by atoms with Gasteiger partial charge in [-0.2, -0.15) is 0 Å². The van der Waals surface area contributed by atoms with Crippen LogP contribution in [0.4, 0.5) is 0 Å². The molecule has 1 aromatic rings. The number of hydrogen-bond donors (Lipinski definition) is 0. The zero-order chi connectivity index (χ0) is 16.2. The highest BCUT2D eigenvalue weighted by molar-refractivity contribution is 5.69. The van der Waals surface area contributed by atoms with E-state index < -0.39 is 18.4 Å². The summed E-state index contributed by atoms with van der Waals surface area (Å²) in [5.41, 5.74) is 1.10. The van der Waals surface area contributed by atoms with Crippen LogP contribution in [0.25, 0.3) is 0 Å². The van der Waals surface area contributed by atoms with Crippen LogP contribution in [0.3, 0.4) is 0 Å². The van der Waals surface area contributed by atoms with Crippen molar-refractivity contribution >= 4 is 11.9 Å². The number of ether oxygens (including phenoxy) is 4. The van der Waals surface area contributed by atoms with Crippen LogP contribution in [0.1, 0.15) is 32.3 Å². The normalized spacial score (nSPS) is 11.7. The largest absolute Gasteiger partial charge is 0.400 e. The Bertz CT molecular complexity index is 445. The molecule has 0 N–H and O–H groups in total. The first-order valence-corrected chi connectivity index (χ1v) is 7.21. The quantitative estimate of drug-likeness (QED) is 0.375. The third kappa shape index (κ3) is 8.39. The van der Waals surface area contributed by atoms with Crippen LogP contribution in [0, 0.1) is 0 Å². The molecule has 22 heavy (non-hydrogen) atoms. The summed E-state index contributed by atoms with van der Waals surface area (Å²) in [4.78, 5) is 22.1. The molecule has 1 aromatic carbocycles. The minimum Gasteiger partial charge on any atom is -0.400 e. The highest BCUT2D eigenvalue weighted by atomic mass is 16.9. The van der Waals surface area contributed by atoms with E-state index in [0.29, 0.717) is 19.6 Å². The first-order chi connectivity index (χ1) is 10.6. The molecule has 0 amide bonds. The minimum atomic E-state index is -1.29. The van der Waals surface area contributed by atoms with Gasteiger partial charge in [-0.05, 0) is 12.0 Å². The van der Waals surface area contributed by atoms with Crippen LogP contribution < -0.4 is 0 Å². The van der Waals surface area contributed by atoms with Crippen LogP contribution in [-0.4, -0.2) is 31.6 Å². The van der Waals surface area contributed by atoms with Gasteiger partial charge in [0.05, 0.1) is 13.2 Å². The standard InChI is InChI=1S/C16H22O6/c1-3-15(18)22-16(21-13(2)17)20-11-7-10-19-12-14-8-5-4-6-9-14/h4-6,8-9,16H,3,7,10-12H2,1-2H3. The minimum absolute atomic E-state index is 0.182. The third-order valence-corrected chi connectivity index (χ3v) is 2.58. The molecule has 0 heterocycles. The maximum atomic E-state index is 11.2. The van der Waals surface area contributed by atoms with Crippen LogP contribution in [-0.2, 0) is 35.1 Å². The smallest absolute Gasteiger partial charge is 0.365 e. The Hall–Kier alpha value is -1.92. The lowest BCUT2D eigenvalue weighted by Crippen LogP contribution is -2.27. The van der Waals surface area contributed by atoms with Gasteiger partial charge in [-0.15, -0.1) is 0 Å². The van der Waals surface area contributed by atoms with Crippen molar-refractivity contribution in [1.82, 2.24) is 0 Å². The molecule has 0 saturated heterocycles. The molecule has 0 bridgehead atoms. The van der Waals surface area contributed by atoms with E-state index in [4.69, 9.17) is 18.9 Å². The third-order valence-electron chi connectivity index (χ3n) is 2.58. The molecule has 1 unspecified atom stereocenters. The van der Waals surface area contributed by atoms with Gasteiger partial charge in [0, 0.05) is 20.0 Å². The SMILES string of the molecule is CCC(=O)OC(OCCCOCc1ccccc1)OC(C)=O. The number of benzene rings is 1. The molecule has 0 radical (unpaired) electrons. The number of carbonyl (C=O) groups is 2. The predicted molar refractivity (Wildman–Crippen MR) is 78.6 cm³/mol. The Morgan fingerprint density at radius 1 is 1.09 bits per heavy atom. The molecule has 122 valence electrons. The number of rotatable bonds is 10. The van der Waals surface area contributed by atoms with Crippen LogP contribution in [0.2, 0.25) is 0 Å². The van der Waals surface area contributed by atoms with Crippen molar-refractivity contribution in [2.24, 2.45) is 0 Å². The summed E-state index contributed by atoms with van der Waals surface area (Å²) < 4.78 is 20.3. The summed E-state index contributed by atoms with van der Waals surface area (Å²) in [5, 5.41) is 0. The Morgan fingerprint density at radius 2 is 1.82 bits per heavy atom. The molecule has 0 aliphatic heterocycles. The Morgan fingerprint density at radius 3 is 2.45 bits per heavy atom. The molecule has 6 nitrogen and oxygen atoms in total. The number of carbonyl (C=O) groups excluding carboxylic acids is 2. The maximum absolute atomic E-state index is 11.2. The Kier molecular flexibility index (Phi) is 8.86. The molecule has 1 atom stereocenters. The van der Waals surface area contributed by atoms with Gasteiger partial charge < -0.3 is 18.9 Å². The van der Waals surface area contributed by atoms with Gasteiger partial charge in [-0.1, -0.05) is 37.3 Å². The summed E-state index contributed by atoms with van der Waals surface area (Å²) in [6, 6.07) is 9.82. The van der Waals surface area contributed by atoms with Gasteiger partial charge in [0.25, 0.3) is 0 Å². The van der Waals surface area contributed by atoms with Gasteiger partial charge in [0.15, 0.2) is 0 Å². The molecule has 0 aliphatic rings. The van der Waals surface area contributed by atoms with Crippen molar-refractivity contribution in [2.45, 2.75) is 39.8 Å². The number of hydrogen-bond acceptors (Lipinski definition) is 6. The summed E-state index contributed by atoms with van der Waals surface area (Å²) in [5.74, 6) is -1.07. The lowest BCUT2D eigenvalue weighted by Gasteiger charge is -2.17. The average molecular weight is 310 g/mol. The molecule has 1 rings (SSSR count). The fourth-order valence-corrected chi connectivity index (χ4v) is 1.52. The highest BCUT2D eigenvalue weighted by Crippen LogP contribution is 2.04. The van der Waals surface area contributed by atoms with Crippen LogP contribution >= 0.6 is 0 Å². The topological polar surface area (TPSA) is 71.1 Å². The van der Waals surface area contributed by atoms with E-state index in [-0.39, 0.29) is 13.0 Å². The van der Waals surface area contributed by atoms with Gasteiger partial charge in [0.2, 0.25) is 0 Å². The highest BCUT2D eigenvalue weighted by Gasteiger charge is 2.16. The molecule has 0 aliphatic carbocycles. The molecular formula is C16H22O6. The lowest BCUT2D eigenvalue weighted by molar-refractivity contribution is -0.265. The summed E-state index contributed by atoms with van der Waals surface area (Å²) >= 11 is 0. The molecule has 0 fully saturated rings. The van der Waals surface area contributed by atoms with Crippen molar-refractivity contribution in [3.63, 3.8) is 0 Å². The summed E-state index contributed by atoms with van der Waals surface area (Å²) in [6.07, 6.45) is 0.773. The molecular weight excluding hydrogens is 288 g/mol. The zero-order valence-corrected chi connectivity index (χ0v) is 12.9. The van der Waals surface area contributed by atoms with E-state index in [0.717, 1.165) is 5.56 Å². The van der Waals surface area contributed by atoms with E-state index in [2.05, 4.69) is 0 Å².